The molecule has 1 amide bonds. The minimum absolute atomic E-state index is 0.0708. The van der Waals surface area contributed by atoms with Crippen LogP contribution in [0.15, 0.2) is 53.4 Å². The molecule has 1 aromatic heterocycles. The maximum atomic E-state index is 13.0. The van der Waals surface area contributed by atoms with Gasteiger partial charge in [0.2, 0.25) is 15.9 Å². The van der Waals surface area contributed by atoms with Crippen molar-refractivity contribution in [2.75, 3.05) is 26.3 Å². The number of hydrogen-bond donors (Lipinski definition) is 0. The molecule has 1 aliphatic heterocycles. The van der Waals surface area contributed by atoms with Crippen LogP contribution in [0.5, 0.6) is 0 Å². The summed E-state index contributed by atoms with van der Waals surface area (Å²) in [5.74, 6) is 0.828. The number of fused-ring (bicyclic) bond motifs is 1. The highest BCUT2D eigenvalue weighted by atomic mass is 32.2. The van der Waals surface area contributed by atoms with Crippen molar-refractivity contribution in [2.24, 2.45) is 7.05 Å². The van der Waals surface area contributed by atoms with Crippen LogP contribution in [0.1, 0.15) is 31.7 Å². The molecule has 0 spiro atoms. The normalized spacial score (nSPS) is 15.2. The van der Waals surface area contributed by atoms with Gasteiger partial charge in [-0.3, -0.25) is 4.79 Å². The third-order valence-electron chi connectivity index (χ3n) is 6.25. The first kappa shape index (κ1) is 24.4. The Balaban J connectivity index is 1.49. The van der Waals surface area contributed by atoms with Crippen LogP contribution in [-0.4, -0.2) is 65.4 Å². The van der Waals surface area contributed by atoms with Gasteiger partial charge >= 0.3 is 0 Å². The van der Waals surface area contributed by atoms with Crippen molar-refractivity contribution in [2.45, 2.75) is 44.2 Å². The number of morpholine rings is 1. The van der Waals surface area contributed by atoms with Gasteiger partial charge in [-0.25, -0.2) is 13.4 Å². The number of amides is 1. The number of rotatable bonds is 8. The maximum Gasteiger partial charge on any atom is 0.243 e. The summed E-state index contributed by atoms with van der Waals surface area (Å²) in [7, 11) is -1.69. The fourth-order valence-electron chi connectivity index (χ4n) is 4.25. The van der Waals surface area contributed by atoms with Gasteiger partial charge in [0.1, 0.15) is 5.82 Å². The number of hydrogen-bond acceptors (Lipinski definition) is 5. The number of carbonyl (C=O) groups excluding carboxylic acids is 1. The van der Waals surface area contributed by atoms with Crippen LogP contribution in [0.2, 0.25) is 0 Å². The Bertz CT molecular complexity index is 1250. The Morgan fingerprint density at radius 3 is 2.50 bits per heavy atom. The lowest BCUT2D eigenvalue weighted by atomic mass is 10.1. The van der Waals surface area contributed by atoms with Crippen molar-refractivity contribution in [3.05, 3.63) is 59.9 Å². The highest BCUT2D eigenvalue weighted by Crippen LogP contribution is 2.23. The summed E-state index contributed by atoms with van der Waals surface area (Å²) in [5.41, 5.74) is 2.55. The Morgan fingerprint density at radius 1 is 1.12 bits per heavy atom. The van der Waals surface area contributed by atoms with E-state index in [1.807, 2.05) is 60.7 Å². The van der Waals surface area contributed by atoms with Gasteiger partial charge in [0.15, 0.2) is 0 Å². The maximum absolute atomic E-state index is 13.0. The zero-order valence-electron chi connectivity index (χ0n) is 20.0. The number of sulfonamides is 1. The topological polar surface area (TPSA) is 84.7 Å². The molecule has 9 heteroatoms. The second kappa shape index (κ2) is 10.2. The second-order valence-electron chi connectivity index (χ2n) is 8.86. The molecule has 34 heavy (non-hydrogen) atoms. The van der Waals surface area contributed by atoms with Crippen molar-refractivity contribution in [3.63, 3.8) is 0 Å². The second-order valence-corrected chi connectivity index (χ2v) is 10.8. The quantitative estimate of drug-likeness (QED) is 0.491. The molecule has 0 radical (unpaired) electrons. The Hall–Kier alpha value is -2.75. The number of imidazole rings is 1. The van der Waals surface area contributed by atoms with Crippen LogP contribution >= 0.6 is 0 Å². The van der Waals surface area contributed by atoms with E-state index in [-0.39, 0.29) is 16.8 Å². The average Bonchev–Trinajstić information content (AvgIpc) is 3.16. The van der Waals surface area contributed by atoms with Crippen molar-refractivity contribution in [3.8, 4) is 0 Å². The molecule has 0 saturated carbocycles. The molecule has 182 valence electrons. The fourth-order valence-corrected chi connectivity index (χ4v) is 5.68. The van der Waals surface area contributed by atoms with Gasteiger partial charge in [0.05, 0.1) is 29.1 Å². The first-order chi connectivity index (χ1) is 16.3. The molecular formula is C25H32N4O4S. The van der Waals surface area contributed by atoms with Gasteiger partial charge in [0, 0.05) is 45.6 Å². The number of benzene rings is 2. The molecule has 2 aromatic carbocycles. The number of aryl methyl sites for hydroxylation is 2. The molecule has 0 atom stereocenters. The largest absolute Gasteiger partial charge is 0.379 e. The Kier molecular flexibility index (Phi) is 7.35. The van der Waals surface area contributed by atoms with E-state index in [1.165, 1.54) is 4.31 Å². The zero-order valence-corrected chi connectivity index (χ0v) is 20.8. The molecule has 0 N–H and O–H groups in total. The summed E-state index contributed by atoms with van der Waals surface area (Å²) in [6.07, 6.45) is 0.814. The van der Waals surface area contributed by atoms with Crippen LogP contribution in [0.3, 0.4) is 0 Å². The van der Waals surface area contributed by atoms with Crippen molar-refractivity contribution < 1.29 is 17.9 Å². The number of nitrogens with zero attached hydrogens (tertiary/aromatic N) is 4. The van der Waals surface area contributed by atoms with E-state index in [0.29, 0.717) is 51.2 Å². The van der Waals surface area contributed by atoms with Gasteiger partial charge in [-0.1, -0.05) is 30.3 Å². The van der Waals surface area contributed by atoms with Crippen LogP contribution in [0, 0.1) is 0 Å². The van der Waals surface area contributed by atoms with Gasteiger partial charge in [-0.15, -0.1) is 0 Å². The molecule has 8 nitrogen and oxygen atoms in total. The van der Waals surface area contributed by atoms with Crippen molar-refractivity contribution >= 4 is 27.0 Å². The summed E-state index contributed by atoms with van der Waals surface area (Å²) in [5, 5.41) is 0. The highest BCUT2D eigenvalue weighted by Gasteiger charge is 2.27. The van der Waals surface area contributed by atoms with E-state index in [1.54, 1.807) is 18.2 Å². The third-order valence-corrected chi connectivity index (χ3v) is 8.15. The standard InChI is InChI=1S/C25H32N4O4S/c1-19(2)29(18-20-7-5-4-6-8-20)25(30)12-11-24-26-22-17-21(9-10-23(22)27(24)3)34(31,32)28-13-15-33-16-14-28/h4-10,17,19H,11-16,18H2,1-3H3. The zero-order chi connectivity index (χ0) is 24.3. The van der Waals surface area contributed by atoms with Crippen molar-refractivity contribution in [1.82, 2.24) is 18.8 Å². The molecular weight excluding hydrogens is 452 g/mol. The van der Waals surface area contributed by atoms with Gasteiger partial charge in [-0.05, 0) is 37.6 Å². The lowest BCUT2D eigenvalue weighted by Gasteiger charge is -2.27. The summed E-state index contributed by atoms with van der Waals surface area (Å²) >= 11 is 0. The Labute approximate surface area is 201 Å². The molecule has 0 unspecified atom stereocenters. The van der Waals surface area contributed by atoms with Gasteiger partial charge in [-0.2, -0.15) is 4.31 Å². The van der Waals surface area contributed by atoms with E-state index in [2.05, 4.69) is 4.98 Å². The first-order valence-electron chi connectivity index (χ1n) is 11.6. The summed E-state index contributed by atoms with van der Waals surface area (Å²) in [4.78, 5) is 19.8. The molecule has 1 fully saturated rings. The molecule has 4 rings (SSSR count). The molecule has 0 aliphatic carbocycles. The van der Waals surface area contributed by atoms with Gasteiger partial charge < -0.3 is 14.2 Å². The lowest BCUT2D eigenvalue weighted by molar-refractivity contribution is -0.133. The van der Waals surface area contributed by atoms with E-state index in [9.17, 15) is 13.2 Å². The molecule has 1 saturated heterocycles. The average molecular weight is 485 g/mol. The summed E-state index contributed by atoms with van der Waals surface area (Å²) in [6, 6.07) is 15.1. The predicted octanol–water partition coefficient (Wildman–Crippen LogP) is 2.96. The number of ether oxygens (including phenoxy) is 1. The minimum Gasteiger partial charge on any atom is -0.379 e. The monoisotopic (exact) mass is 484 g/mol. The van der Waals surface area contributed by atoms with E-state index < -0.39 is 10.0 Å². The van der Waals surface area contributed by atoms with E-state index >= 15 is 0 Å². The first-order valence-corrected chi connectivity index (χ1v) is 13.1. The third kappa shape index (κ3) is 5.16. The van der Waals surface area contributed by atoms with Crippen LogP contribution in [0.4, 0.5) is 0 Å². The van der Waals surface area contributed by atoms with Gasteiger partial charge in [0.25, 0.3) is 0 Å². The van der Waals surface area contributed by atoms with E-state index in [4.69, 9.17) is 4.74 Å². The fraction of sp³-hybridized carbons (Fsp3) is 0.440. The van der Waals surface area contributed by atoms with Crippen LogP contribution in [-0.2, 0) is 39.6 Å². The van der Waals surface area contributed by atoms with Crippen LogP contribution in [0.25, 0.3) is 11.0 Å². The van der Waals surface area contributed by atoms with E-state index in [0.717, 1.165) is 16.9 Å². The molecule has 3 aromatic rings. The smallest absolute Gasteiger partial charge is 0.243 e. The molecule has 1 aliphatic rings. The number of aromatic nitrogens is 2. The summed E-state index contributed by atoms with van der Waals surface area (Å²) < 4.78 is 34.7. The lowest BCUT2D eigenvalue weighted by Crippen LogP contribution is -2.40. The molecule has 2 heterocycles. The van der Waals surface area contributed by atoms with Crippen LogP contribution < -0.4 is 0 Å². The highest BCUT2D eigenvalue weighted by molar-refractivity contribution is 7.89. The summed E-state index contributed by atoms with van der Waals surface area (Å²) in [6.45, 7) is 6.12. The number of carbonyl (C=O) groups is 1. The predicted molar refractivity (Wildman–Crippen MR) is 131 cm³/mol. The minimum atomic E-state index is -3.59. The Morgan fingerprint density at radius 2 is 1.82 bits per heavy atom. The SMILES string of the molecule is CC(C)N(Cc1ccccc1)C(=O)CCc1nc2cc(S(=O)(=O)N3CCOCC3)ccc2n1C. The molecule has 0 bridgehead atoms. The van der Waals surface area contributed by atoms with Crippen molar-refractivity contribution in [1.29, 1.82) is 0 Å².